The summed E-state index contributed by atoms with van der Waals surface area (Å²) in [6.45, 7) is 5.68. The van der Waals surface area contributed by atoms with Crippen LogP contribution in [-0.4, -0.2) is 29.1 Å². The van der Waals surface area contributed by atoms with Gasteiger partial charge in [-0.05, 0) is 5.92 Å². The van der Waals surface area contributed by atoms with E-state index >= 15 is 0 Å². The normalized spacial score (nSPS) is 12.3. The van der Waals surface area contributed by atoms with Gasteiger partial charge in [-0.1, -0.05) is 36.4 Å². The number of esters is 2. The molecule has 0 N–H and O–H groups in total. The Morgan fingerprint density at radius 3 is 2.33 bits per heavy atom. The third kappa shape index (κ3) is 8.65. The average molecular weight is 328 g/mol. The second kappa shape index (κ2) is 7.90. The van der Waals surface area contributed by atoms with Gasteiger partial charge in [0.1, 0.15) is 6.10 Å². The lowest BCUT2D eigenvalue weighted by Gasteiger charge is -2.14. The van der Waals surface area contributed by atoms with Crippen LogP contribution in [0.2, 0.25) is 0 Å². The first-order chi connectivity index (χ1) is 6.95. The van der Waals surface area contributed by atoms with E-state index in [-0.39, 0.29) is 24.5 Å². The first-order valence-electron chi connectivity index (χ1n) is 4.84. The van der Waals surface area contributed by atoms with Crippen LogP contribution in [0.1, 0.15) is 27.2 Å². The van der Waals surface area contributed by atoms with Crippen LogP contribution in [-0.2, 0) is 19.1 Å². The number of hydrogen-bond acceptors (Lipinski definition) is 4. The van der Waals surface area contributed by atoms with Gasteiger partial charge in [0.15, 0.2) is 0 Å². The topological polar surface area (TPSA) is 52.6 Å². The van der Waals surface area contributed by atoms with E-state index in [1.165, 1.54) is 6.92 Å². The van der Waals surface area contributed by atoms with Crippen molar-refractivity contribution in [1.29, 1.82) is 0 Å². The standard InChI is InChI=1S/C10H17IO4/c1-7(2)6-14-10(13)4-9(5-11)15-8(3)12/h7,9H,4-6H2,1-3H3. The molecule has 0 aromatic heterocycles. The molecule has 4 nitrogen and oxygen atoms in total. The second-order valence-corrected chi connectivity index (χ2v) is 4.55. The lowest BCUT2D eigenvalue weighted by Crippen LogP contribution is -2.23. The van der Waals surface area contributed by atoms with Gasteiger partial charge in [-0.3, -0.25) is 9.59 Å². The van der Waals surface area contributed by atoms with Gasteiger partial charge in [0.2, 0.25) is 0 Å². The van der Waals surface area contributed by atoms with Crippen LogP contribution in [0.25, 0.3) is 0 Å². The predicted octanol–water partition coefficient (Wildman–Crippen LogP) is 1.94. The van der Waals surface area contributed by atoms with Crippen LogP contribution < -0.4 is 0 Å². The third-order valence-corrected chi connectivity index (χ3v) is 2.46. The summed E-state index contributed by atoms with van der Waals surface area (Å²) < 4.78 is 10.5. The Bertz CT molecular complexity index is 215. The minimum Gasteiger partial charge on any atom is -0.465 e. The highest BCUT2D eigenvalue weighted by molar-refractivity contribution is 14.1. The van der Waals surface area contributed by atoms with Gasteiger partial charge >= 0.3 is 11.9 Å². The molecule has 0 amide bonds. The Morgan fingerprint density at radius 1 is 1.33 bits per heavy atom. The van der Waals surface area contributed by atoms with E-state index in [0.29, 0.717) is 17.0 Å². The molecule has 88 valence electrons. The number of carbonyl (C=O) groups is 2. The van der Waals surface area contributed by atoms with Gasteiger partial charge in [-0.2, -0.15) is 0 Å². The van der Waals surface area contributed by atoms with Crippen LogP contribution in [0.15, 0.2) is 0 Å². The van der Waals surface area contributed by atoms with E-state index < -0.39 is 0 Å². The molecule has 0 radical (unpaired) electrons. The number of alkyl halides is 1. The summed E-state index contributed by atoms with van der Waals surface area (Å²) >= 11 is 2.07. The summed E-state index contributed by atoms with van der Waals surface area (Å²) in [6.07, 6.45) is -0.238. The molecule has 0 aromatic carbocycles. The average Bonchev–Trinajstić information content (AvgIpc) is 2.13. The zero-order chi connectivity index (χ0) is 11.8. The number of ether oxygens (including phenoxy) is 2. The van der Waals surface area contributed by atoms with E-state index in [0.717, 1.165) is 0 Å². The Labute approximate surface area is 104 Å². The van der Waals surface area contributed by atoms with Crippen molar-refractivity contribution in [3.8, 4) is 0 Å². The molecule has 0 bridgehead atoms. The Hall–Kier alpha value is -0.330. The maximum Gasteiger partial charge on any atom is 0.309 e. The van der Waals surface area contributed by atoms with Crippen molar-refractivity contribution in [2.45, 2.75) is 33.3 Å². The summed E-state index contributed by atoms with van der Waals surface area (Å²) in [5.74, 6) is -0.360. The van der Waals surface area contributed by atoms with Crippen LogP contribution in [0, 0.1) is 5.92 Å². The second-order valence-electron chi connectivity index (χ2n) is 3.67. The fourth-order valence-electron chi connectivity index (χ4n) is 0.867. The molecule has 0 saturated heterocycles. The lowest BCUT2D eigenvalue weighted by atomic mass is 10.2. The first-order valence-corrected chi connectivity index (χ1v) is 6.37. The molecule has 0 aromatic rings. The van der Waals surface area contributed by atoms with Crippen molar-refractivity contribution < 1.29 is 19.1 Å². The molecule has 1 unspecified atom stereocenters. The number of carbonyl (C=O) groups excluding carboxylic acids is 2. The largest absolute Gasteiger partial charge is 0.465 e. The molecular weight excluding hydrogens is 311 g/mol. The van der Waals surface area contributed by atoms with Crippen molar-refractivity contribution in [3.05, 3.63) is 0 Å². The quantitative estimate of drug-likeness (QED) is 0.425. The van der Waals surface area contributed by atoms with Crippen molar-refractivity contribution in [3.63, 3.8) is 0 Å². The number of rotatable bonds is 6. The van der Waals surface area contributed by atoms with Crippen LogP contribution in [0.5, 0.6) is 0 Å². The van der Waals surface area contributed by atoms with Crippen LogP contribution in [0.3, 0.4) is 0 Å². The maximum atomic E-state index is 11.3. The summed E-state index contributed by atoms with van der Waals surface area (Å²) in [5.41, 5.74) is 0. The molecule has 0 aliphatic carbocycles. The molecule has 0 aliphatic rings. The van der Waals surface area contributed by atoms with Crippen molar-refractivity contribution >= 4 is 34.5 Å². The van der Waals surface area contributed by atoms with Gasteiger partial charge in [0.25, 0.3) is 0 Å². The van der Waals surface area contributed by atoms with Gasteiger partial charge < -0.3 is 9.47 Å². The molecule has 0 rings (SSSR count). The molecule has 5 heteroatoms. The monoisotopic (exact) mass is 328 g/mol. The van der Waals surface area contributed by atoms with E-state index in [1.54, 1.807) is 0 Å². The summed E-state index contributed by atoms with van der Waals surface area (Å²) in [4.78, 5) is 22.0. The predicted molar refractivity (Wildman–Crippen MR) is 64.9 cm³/mol. The van der Waals surface area contributed by atoms with Gasteiger partial charge in [-0.15, -0.1) is 0 Å². The number of halogens is 1. The van der Waals surface area contributed by atoms with Gasteiger partial charge in [-0.25, -0.2) is 0 Å². The number of hydrogen-bond donors (Lipinski definition) is 0. The zero-order valence-electron chi connectivity index (χ0n) is 9.29. The summed E-state index contributed by atoms with van der Waals surface area (Å²) in [5, 5.41) is 0. The highest BCUT2D eigenvalue weighted by Gasteiger charge is 2.16. The van der Waals surface area contributed by atoms with E-state index in [9.17, 15) is 9.59 Å². The van der Waals surface area contributed by atoms with Crippen molar-refractivity contribution in [2.24, 2.45) is 5.92 Å². The Kier molecular flexibility index (Phi) is 7.72. The van der Waals surface area contributed by atoms with Gasteiger partial charge in [0, 0.05) is 11.4 Å². The molecule has 0 aliphatic heterocycles. The van der Waals surface area contributed by atoms with Crippen LogP contribution in [0.4, 0.5) is 0 Å². The highest BCUT2D eigenvalue weighted by Crippen LogP contribution is 2.06. The summed E-state index contributed by atoms with van der Waals surface area (Å²) in [6, 6.07) is 0. The SMILES string of the molecule is CC(=O)OC(CI)CC(=O)OCC(C)C. The first kappa shape index (κ1) is 14.7. The molecular formula is C10H17IO4. The minimum atomic E-state index is -0.372. The fourth-order valence-corrected chi connectivity index (χ4v) is 1.36. The zero-order valence-corrected chi connectivity index (χ0v) is 11.4. The van der Waals surface area contributed by atoms with E-state index in [4.69, 9.17) is 9.47 Å². The fraction of sp³-hybridized carbons (Fsp3) is 0.800. The molecule has 0 heterocycles. The maximum absolute atomic E-state index is 11.3. The molecule has 0 saturated carbocycles. The molecule has 0 spiro atoms. The Morgan fingerprint density at radius 2 is 1.93 bits per heavy atom. The van der Waals surface area contributed by atoms with Gasteiger partial charge in [0.05, 0.1) is 13.0 Å². The van der Waals surface area contributed by atoms with E-state index in [2.05, 4.69) is 22.6 Å². The lowest BCUT2D eigenvalue weighted by molar-refractivity contribution is -0.152. The third-order valence-electron chi connectivity index (χ3n) is 1.48. The van der Waals surface area contributed by atoms with E-state index in [1.807, 2.05) is 13.8 Å². The summed E-state index contributed by atoms with van der Waals surface area (Å²) in [7, 11) is 0. The van der Waals surface area contributed by atoms with Crippen LogP contribution >= 0.6 is 22.6 Å². The molecule has 1 atom stereocenters. The highest BCUT2D eigenvalue weighted by atomic mass is 127. The minimum absolute atomic E-state index is 0.134. The van der Waals surface area contributed by atoms with Crippen molar-refractivity contribution in [2.75, 3.05) is 11.0 Å². The van der Waals surface area contributed by atoms with Crippen molar-refractivity contribution in [1.82, 2.24) is 0 Å². The molecule has 15 heavy (non-hydrogen) atoms. The molecule has 0 fully saturated rings. The Balaban J connectivity index is 3.85. The smallest absolute Gasteiger partial charge is 0.309 e.